The van der Waals surface area contributed by atoms with Gasteiger partial charge in [0, 0.05) is 36.6 Å². The molecule has 1 aromatic carbocycles. The van der Waals surface area contributed by atoms with Gasteiger partial charge in [-0.25, -0.2) is 0 Å². The second-order valence-corrected chi connectivity index (χ2v) is 5.99. The number of piperazine rings is 1. The average Bonchev–Trinajstić information content (AvgIpc) is 3.19. The van der Waals surface area contributed by atoms with Crippen LogP contribution in [0, 0.1) is 5.92 Å². The Morgan fingerprint density at radius 1 is 1.33 bits per heavy atom. The zero-order chi connectivity index (χ0) is 12.5. The molecule has 0 radical (unpaired) electrons. The number of carbonyl (C=O) groups excluding carboxylic acids is 1. The van der Waals surface area contributed by atoms with Crippen molar-refractivity contribution in [2.75, 3.05) is 26.2 Å². The van der Waals surface area contributed by atoms with E-state index in [1.54, 1.807) is 0 Å². The van der Waals surface area contributed by atoms with Crippen LogP contribution in [-0.4, -0.2) is 37.0 Å². The van der Waals surface area contributed by atoms with Crippen LogP contribution in [0.1, 0.15) is 17.9 Å². The lowest BCUT2D eigenvalue weighted by atomic mass is 10.1. The molecule has 3 nitrogen and oxygen atoms in total. The molecule has 1 aromatic rings. The number of hydrogen-bond acceptors (Lipinski definition) is 2. The minimum Gasteiger partial charge on any atom is -0.340 e. The van der Waals surface area contributed by atoms with Gasteiger partial charge in [0.2, 0.25) is 5.91 Å². The molecule has 2 aliphatic rings. The first-order chi connectivity index (χ1) is 8.75. The van der Waals surface area contributed by atoms with Crippen LogP contribution < -0.4 is 5.32 Å². The molecule has 1 heterocycles. The summed E-state index contributed by atoms with van der Waals surface area (Å²) in [7, 11) is 0. The highest BCUT2D eigenvalue weighted by molar-refractivity contribution is 9.10. The van der Waals surface area contributed by atoms with E-state index in [-0.39, 0.29) is 5.92 Å². The molecule has 1 saturated carbocycles. The van der Waals surface area contributed by atoms with Crippen LogP contribution in [0.3, 0.4) is 0 Å². The molecule has 1 saturated heterocycles. The monoisotopic (exact) mass is 308 g/mol. The van der Waals surface area contributed by atoms with E-state index in [1.165, 1.54) is 5.56 Å². The standard InChI is InChI=1S/C14H17BrN2O/c15-11-3-1-2-10(8-11)12-9-13(12)14(18)17-6-4-16-5-7-17/h1-3,8,12-13,16H,4-7,9H2/t12-,13-/m1/s1. The number of rotatable bonds is 2. The average molecular weight is 309 g/mol. The van der Waals surface area contributed by atoms with Gasteiger partial charge in [-0.3, -0.25) is 4.79 Å². The fourth-order valence-electron chi connectivity index (χ4n) is 2.69. The van der Waals surface area contributed by atoms with Gasteiger partial charge in [-0.05, 0) is 30.0 Å². The van der Waals surface area contributed by atoms with Crippen LogP contribution in [0.2, 0.25) is 0 Å². The first-order valence-electron chi connectivity index (χ1n) is 6.50. The predicted octanol–water partition coefficient (Wildman–Crippen LogP) is 1.98. The van der Waals surface area contributed by atoms with Crippen LogP contribution in [0.4, 0.5) is 0 Å². The summed E-state index contributed by atoms with van der Waals surface area (Å²) in [6.07, 6.45) is 1.01. The topological polar surface area (TPSA) is 32.3 Å². The van der Waals surface area contributed by atoms with Gasteiger partial charge in [-0.1, -0.05) is 28.1 Å². The van der Waals surface area contributed by atoms with Crippen molar-refractivity contribution in [3.63, 3.8) is 0 Å². The van der Waals surface area contributed by atoms with E-state index in [0.717, 1.165) is 37.1 Å². The van der Waals surface area contributed by atoms with Crippen molar-refractivity contribution in [2.24, 2.45) is 5.92 Å². The lowest BCUT2D eigenvalue weighted by molar-refractivity contribution is -0.133. The van der Waals surface area contributed by atoms with Gasteiger partial charge in [0.15, 0.2) is 0 Å². The molecule has 96 valence electrons. The Morgan fingerprint density at radius 3 is 2.83 bits per heavy atom. The van der Waals surface area contributed by atoms with E-state index in [0.29, 0.717) is 11.8 Å². The highest BCUT2D eigenvalue weighted by atomic mass is 79.9. The van der Waals surface area contributed by atoms with Crippen LogP contribution in [0.25, 0.3) is 0 Å². The summed E-state index contributed by atoms with van der Waals surface area (Å²) in [5, 5.41) is 3.28. The quantitative estimate of drug-likeness (QED) is 0.906. The van der Waals surface area contributed by atoms with E-state index in [4.69, 9.17) is 0 Å². The minimum atomic E-state index is 0.220. The fraction of sp³-hybridized carbons (Fsp3) is 0.500. The molecule has 1 aliphatic heterocycles. The van der Waals surface area contributed by atoms with Crippen molar-refractivity contribution >= 4 is 21.8 Å². The van der Waals surface area contributed by atoms with Crippen molar-refractivity contribution in [3.8, 4) is 0 Å². The van der Waals surface area contributed by atoms with E-state index in [1.807, 2.05) is 17.0 Å². The largest absolute Gasteiger partial charge is 0.340 e. The Labute approximate surface area is 116 Å². The molecule has 18 heavy (non-hydrogen) atoms. The zero-order valence-corrected chi connectivity index (χ0v) is 11.8. The van der Waals surface area contributed by atoms with Gasteiger partial charge >= 0.3 is 0 Å². The minimum absolute atomic E-state index is 0.220. The van der Waals surface area contributed by atoms with Crippen LogP contribution >= 0.6 is 15.9 Å². The van der Waals surface area contributed by atoms with Crippen molar-refractivity contribution in [1.29, 1.82) is 0 Å². The van der Waals surface area contributed by atoms with E-state index in [2.05, 4.69) is 33.4 Å². The molecular formula is C14H17BrN2O. The third kappa shape index (κ3) is 2.45. The number of carbonyl (C=O) groups is 1. The molecule has 3 rings (SSSR count). The molecule has 0 unspecified atom stereocenters. The highest BCUT2D eigenvalue weighted by Crippen LogP contribution is 2.48. The summed E-state index contributed by atoms with van der Waals surface area (Å²) in [6, 6.07) is 8.33. The number of amides is 1. The second kappa shape index (κ2) is 5.02. The fourth-order valence-corrected chi connectivity index (χ4v) is 3.11. The lowest BCUT2D eigenvalue weighted by Crippen LogP contribution is -2.47. The van der Waals surface area contributed by atoms with Gasteiger partial charge in [-0.2, -0.15) is 0 Å². The third-order valence-electron chi connectivity index (χ3n) is 3.81. The SMILES string of the molecule is O=C([C@@H]1C[C@@H]1c1cccc(Br)c1)N1CCNCC1. The lowest BCUT2D eigenvalue weighted by Gasteiger charge is -2.27. The summed E-state index contributed by atoms with van der Waals surface area (Å²) in [4.78, 5) is 14.3. The van der Waals surface area contributed by atoms with Crippen molar-refractivity contribution in [3.05, 3.63) is 34.3 Å². The normalized spacial score (nSPS) is 27.1. The van der Waals surface area contributed by atoms with Crippen molar-refractivity contribution < 1.29 is 4.79 Å². The number of benzene rings is 1. The zero-order valence-electron chi connectivity index (χ0n) is 10.2. The number of nitrogens with one attached hydrogen (secondary N) is 1. The molecule has 1 aliphatic carbocycles. The van der Waals surface area contributed by atoms with E-state index in [9.17, 15) is 4.79 Å². The maximum absolute atomic E-state index is 12.3. The highest BCUT2D eigenvalue weighted by Gasteiger charge is 2.45. The molecule has 4 heteroatoms. The van der Waals surface area contributed by atoms with Gasteiger partial charge in [0.1, 0.15) is 0 Å². The first-order valence-corrected chi connectivity index (χ1v) is 7.30. The molecule has 2 fully saturated rings. The number of halogens is 1. The maximum atomic E-state index is 12.3. The van der Waals surface area contributed by atoms with Gasteiger partial charge < -0.3 is 10.2 Å². The van der Waals surface area contributed by atoms with E-state index >= 15 is 0 Å². The Balaban J connectivity index is 1.64. The second-order valence-electron chi connectivity index (χ2n) is 5.08. The Bertz CT molecular complexity index is 457. The predicted molar refractivity (Wildman–Crippen MR) is 74.4 cm³/mol. The number of hydrogen-bond donors (Lipinski definition) is 1. The summed E-state index contributed by atoms with van der Waals surface area (Å²) in [5.74, 6) is 1.00. The summed E-state index contributed by atoms with van der Waals surface area (Å²) in [6.45, 7) is 3.58. The molecule has 0 aromatic heterocycles. The summed E-state index contributed by atoms with van der Waals surface area (Å²) < 4.78 is 1.10. The molecule has 1 amide bonds. The van der Waals surface area contributed by atoms with Crippen molar-refractivity contribution in [1.82, 2.24) is 10.2 Å². The molecule has 0 bridgehead atoms. The molecular weight excluding hydrogens is 292 g/mol. The van der Waals surface area contributed by atoms with Crippen LogP contribution in [0.15, 0.2) is 28.7 Å². The Kier molecular flexibility index (Phi) is 3.39. The van der Waals surface area contributed by atoms with E-state index < -0.39 is 0 Å². The van der Waals surface area contributed by atoms with Crippen LogP contribution in [-0.2, 0) is 4.79 Å². The van der Waals surface area contributed by atoms with Gasteiger partial charge in [0.05, 0.1) is 0 Å². The Morgan fingerprint density at radius 2 is 2.11 bits per heavy atom. The molecule has 0 spiro atoms. The first kappa shape index (κ1) is 12.2. The smallest absolute Gasteiger partial charge is 0.226 e. The number of nitrogens with zero attached hydrogens (tertiary/aromatic N) is 1. The van der Waals surface area contributed by atoms with Crippen LogP contribution in [0.5, 0.6) is 0 Å². The maximum Gasteiger partial charge on any atom is 0.226 e. The Hall–Kier alpha value is -0.870. The third-order valence-corrected chi connectivity index (χ3v) is 4.31. The summed E-state index contributed by atoms with van der Waals surface area (Å²) in [5.41, 5.74) is 1.29. The van der Waals surface area contributed by atoms with Gasteiger partial charge in [-0.15, -0.1) is 0 Å². The summed E-state index contributed by atoms with van der Waals surface area (Å²) >= 11 is 3.49. The molecule has 1 N–H and O–H groups in total. The molecule has 2 atom stereocenters. The van der Waals surface area contributed by atoms with Gasteiger partial charge in [0.25, 0.3) is 0 Å². The van der Waals surface area contributed by atoms with Crippen molar-refractivity contribution in [2.45, 2.75) is 12.3 Å².